The van der Waals surface area contributed by atoms with Crippen LogP contribution in [-0.4, -0.2) is 19.2 Å². The molecule has 2 atom stereocenters. The van der Waals surface area contributed by atoms with E-state index >= 15 is 0 Å². The van der Waals surface area contributed by atoms with E-state index in [1.165, 1.54) is 6.42 Å². The second kappa shape index (κ2) is 6.83. The summed E-state index contributed by atoms with van der Waals surface area (Å²) >= 11 is 12.0. The number of ether oxygens (including phenoxy) is 1. The lowest BCUT2D eigenvalue weighted by molar-refractivity contribution is 0.119. The molecule has 1 fully saturated rings. The maximum Gasteiger partial charge on any atom is 0.122 e. The molecule has 4 heteroatoms. The molecule has 106 valence electrons. The first-order valence-electron chi connectivity index (χ1n) is 6.88. The molecule has 0 spiro atoms. The molecule has 0 radical (unpaired) electrons. The van der Waals surface area contributed by atoms with Gasteiger partial charge in [0.15, 0.2) is 0 Å². The largest absolute Gasteiger partial charge is 0.490 e. The molecular weight excluding hydrogens is 281 g/mol. The van der Waals surface area contributed by atoms with Crippen LogP contribution in [0.1, 0.15) is 26.7 Å². The third kappa shape index (κ3) is 4.55. The van der Waals surface area contributed by atoms with Crippen LogP contribution < -0.4 is 10.1 Å². The van der Waals surface area contributed by atoms with Crippen LogP contribution >= 0.6 is 23.2 Å². The molecule has 1 saturated heterocycles. The Hall–Kier alpha value is -0.440. The van der Waals surface area contributed by atoms with Crippen molar-refractivity contribution in [3.8, 4) is 5.75 Å². The summed E-state index contributed by atoms with van der Waals surface area (Å²) in [5.74, 6) is 1.95. The van der Waals surface area contributed by atoms with Crippen LogP contribution in [0.25, 0.3) is 0 Å². The molecule has 1 N–H and O–H groups in total. The van der Waals surface area contributed by atoms with Crippen molar-refractivity contribution in [2.75, 3.05) is 13.1 Å². The highest BCUT2D eigenvalue weighted by Crippen LogP contribution is 2.29. The average Bonchev–Trinajstić information content (AvgIpc) is 2.79. The number of hydrogen-bond acceptors (Lipinski definition) is 2. The van der Waals surface area contributed by atoms with Crippen molar-refractivity contribution < 1.29 is 4.74 Å². The highest BCUT2D eigenvalue weighted by Gasteiger charge is 2.27. The number of hydrogen-bond donors (Lipinski definition) is 1. The topological polar surface area (TPSA) is 21.3 Å². The SMILES string of the molecule is CC(C)C[C@H](Oc1cc(Cl)cc(Cl)c1)[C@H]1CCNC1. The zero-order valence-corrected chi connectivity index (χ0v) is 13.0. The monoisotopic (exact) mass is 301 g/mol. The van der Waals surface area contributed by atoms with Crippen molar-refractivity contribution in [2.24, 2.45) is 11.8 Å². The normalized spacial score (nSPS) is 20.8. The van der Waals surface area contributed by atoms with Gasteiger partial charge in [-0.05, 0) is 43.5 Å². The lowest BCUT2D eigenvalue weighted by Gasteiger charge is -2.26. The molecule has 19 heavy (non-hydrogen) atoms. The Kier molecular flexibility index (Phi) is 5.37. The van der Waals surface area contributed by atoms with Crippen LogP contribution in [0, 0.1) is 11.8 Å². The molecule has 2 nitrogen and oxygen atoms in total. The standard InChI is InChI=1S/C15H21Cl2NO/c1-10(2)5-15(11-3-4-18-9-11)19-14-7-12(16)6-13(17)8-14/h6-8,10-11,15,18H,3-5,9H2,1-2H3/t11-,15-/m0/s1. The van der Waals surface area contributed by atoms with Gasteiger partial charge >= 0.3 is 0 Å². The second-order valence-electron chi connectivity index (χ2n) is 5.64. The first kappa shape index (κ1) is 15.0. The molecule has 0 amide bonds. The van der Waals surface area contributed by atoms with Gasteiger partial charge in [-0.15, -0.1) is 0 Å². The van der Waals surface area contributed by atoms with Gasteiger partial charge in [0, 0.05) is 22.5 Å². The number of halogens is 2. The highest BCUT2D eigenvalue weighted by atomic mass is 35.5. The summed E-state index contributed by atoms with van der Waals surface area (Å²) in [5.41, 5.74) is 0. The minimum Gasteiger partial charge on any atom is -0.490 e. The Bertz CT molecular complexity index is 396. The first-order chi connectivity index (χ1) is 9.04. The van der Waals surface area contributed by atoms with Gasteiger partial charge in [0.2, 0.25) is 0 Å². The van der Waals surface area contributed by atoms with Crippen LogP contribution in [0.4, 0.5) is 0 Å². The summed E-state index contributed by atoms with van der Waals surface area (Å²) in [6.45, 7) is 6.57. The fraction of sp³-hybridized carbons (Fsp3) is 0.600. The second-order valence-corrected chi connectivity index (χ2v) is 6.52. The van der Waals surface area contributed by atoms with Crippen molar-refractivity contribution in [1.82, 2.24) is 5.32 Å². The molecule has 2 rings (SSSR count). The smallest absolute Gasteiger partial charge is 0.122 e. The molecule has 0 aliphatic carbocycles. The molecule has 1 aromatic carbocycles. The Morgan fingerprint density at radius 3 is 2.47 bits per heavy atom. The van der Waals surface area contributed by atoms with E-state index in [2.05, 4.69) is 19.2 Å². The van der Waals surface area contributed by atoms with E-state index in [4.69, 9.17) is 27.9 Å². The van der Waals surface area contributed by atoms with Gasteiger partial charge < -0.3 is 10.1 Å². The van der Waals surface area contributed by atoms with Crippen LogP contribution in [0.3, 0.4) is 0 Å². The lowest BCUT2D eigenvalue weighted by Crippen LogP contribution is -2.30. The maximum atomic E-state index is 6.16. The number of benzene rings is 1. The number of nitrogens with one attached hydrogen (secondary N) is 1. The van der Waals surface area contributed by atoms with Crippen molar-refractivity contribution in [2.45, 2.75) is 32.8 Å². The Balaban J connectivity index is 2.09. The zero-order chi connectivity index (χ0) is 13.8. The number of rotatable bonds is 5. The third-order valence-corrected chi connectivity index (χ3v) is 3.89. The van der Waals surface area contributed by atoms with Crippen molar-refractivity contribution >= 4 is 23.2 Å². The molecule has 1 aliphatic rings. The van der Waals surface area contributed by atoms with Gasteiger partial charge in [0.1, 0.15) is 11.9 Å². The Morgan fingerprint density at radius 2 is 1.95 bits per heavy atom. The van der Waals surface area contributed by atoms with Gasteiger partial charge in [-0.25, -0.2) is 0 Å². The predicted octanol–water partition coefficient (Wildman–Crippen LogP) is 4.40. The average molecular weight is 302 g/mol. The van der Waals surface area contributed by atoms with Crippen LogP contribution in [0.15, 0.2) is 18.2 Å². The quantitative estimate of drug-likeness (QED) is 0.870. The van der Waals surface area contributed by atoms with Crippen LogP contribution in [-0.2, 0) is 0 Å². The van der Waals surface area contributed by atoms with Crippen molar-refractivity contribution in [3.05, 3.63) is 28.2 Å². The molecule has 0 bridgehead atoms. The zero-order valence-electron chi connectivity index (χ0n) is 11.5. The summed E-state index contributed by atoms with van der Waals surface area (Å²) in [6, 6.07) is 5.40. The minimum atomic E-state index is 0.226. The van der Waals surface area contributed by atoms with Gasteiger partial charge in [-0.2, -0.15) is 0 Å². The molecule has 0 aromatic heterocycles. The summed E-state index contributed by atoms with van der Waals surface area (Å²) in [4.78, 5) is 0. The van der Waals surface area contributed by atoms with Crippen LogP contribution in [0.2, 0.25) is 10.0 Å². The van der Waals surface area contributed by atoms with E-state index in [1.54, 1.807) is 6.07 Å². The van der Waals surface area contributed by atoms with Crippen LogP contribution in [0.5, 0.6) is 5.75 Å². The Labute approximate surface area is 125 Å². The highest BCUT2D eigenvalue weighted by molar-refractivity contribution is 6.34. The summed E-state index contributed by atoms with van der Waals surface area (Å²) in [6.07, 6.45) is 2.45. The van der Waals surface area contributed by atoms with Crippen molar-refractivity contribution in [1.29, 1.82) is 0 Å². The van der Waals surface area contributed by atoms with Gasteiger partial charge in [0.05, 0.1) is 0 Å². The van der Waals surface area contributed by atoms with E-state index in [9.17, 15) is 0 Å². The Morgan fingerprint density at radius 1 is 1.26 bits per heavy atom. The molecule has 1 aliphatic heterocycles. The third-order valence-electron chi connectivity index (χ3n) is 3.45. The van der Waals surface area contributed by atoms with E-state index in [0.717, 1.165) is 25.3 Å². The fourth-order valence-electron chi connectivity index (χ4n) is 2.57. The van der Waals surface area contributed by atoms with Gasteiger partial charge in [-0.3, -0.25) is 0 Å². The molecular formula is C15H21Cl2NO. The van der Waals surface area contributed by atoms with Crippen molar-refractivity contribution in [3.63, 3.8) is 0 Å². The maximum absolute atomic E-state index is 6.16. The minimum absolute atomic E-state index is 0.226. The lowest BCUT2D eigenvalue weighted by atomic mass is 9.93. The molecule has 1 aromatic rings. The fourth-order valence-corrected chi connectivity index (χ4v) is 3.07. The van der Waals surface area contributed by atoms with E-state index in [1.807, 2.05) is 12.1 Å². The van der Waals surface area contributed by atoms with E-state index < -0.39 is 0 Å². The molecule has 0 saturated carbocycles. The summed E-state index contributed by atoms with van der Waals surface area (Å²) in [7, 11) is 0. The van der Waals surface area contributed by atoms with E-state index in [-0.39, 0.29) is 6.10 Å². The molecule has 0 unspecified atom stereocenters. The van der Waals surface area contributed by atoms with E-state index in [0.29, 0.717) is 21.9 Å². The predicted molar refractivity (Wildman–Crippen MR) is 81.3 cm³/mol. The van der Waals surface area contributed by atoms with Gasteiger partial charge in [0.25, 0.3) is 0 Å². The van der Waals surface area contributed by atoms with Gasteiger partial charge in [-0.1, -0.05) is 37.0 Å². The summed E-state index contributed by atoms with van der Waals surface area (Å²) < 4.78 is 6.16. The molecule has 1 heterocycles. The summed E-state index contributed by atoms with van der Waals surface area (Å²) in [5, 5.41) is 4.64. The first-order valence-corrected chi connectivity index (χ1v) is 7.63.